The summed E-state index contributed by atoms with van der Waals surface area (Å²) in [6.45, 7) is 1.58. The standard InChI is InChI=1S/C11H20N2O3/c1-13(9-3-5-16-7-9)8-2-4-11(12,6-8)10(14)15/h8-9H,2-7,12H2,1H3,(H,14,15). The molecule has 0 aromatic carbocycles. The molecule has 1 aliphatic heterocycles. The number of hydrogen-bond donors (Lipinski definition) is 2. The Bertz CT molecular complexity index is 278. The predicted molar refractivity (Wildman–Crippen MR) is 59.2 cm³/mol. The molecule has 2 rings (SSSR count). The third-order valence-corrected chi connectivity index (χ3v) is 4.01. The molecule has 0 aromatic rings. The van der Waals surface area contributed by atoms with E-state index >= 15 is 0 Å². The molecule has 1 saturated heterocycles. The highest BCUT2D eigenvalue weighted by atomic mass is 16.5. The van der Waals surface area contributed by atoms with Gasteiger partial charge in [0.05, 0.1) is 6.61 Å². The molecule has 3 N–H and O–H groups in total. The Morgan fingerprint density at radius 3 is 2.75 bits per heavy atom. The van der Waals surface area contributed by atoms with Crippen molar-refractivity contribution >= 4 is 5.97 Å². The Hall–Kier alpha value is -0.650. The monoisotopic (exact) mass is 228 g/mol. The van der Waals surface area contributed by atoms with Gasteiger partial charge >= 0.3 is 5.97 Å². The lowest BCUT2D eigenvalue weighted by atomic mass is 9.99. The molecule has 3 unspecified atom stereocenters. The van der Waals surface area contributed by atoms with Gasteiger partial charge in [-0.15, -0.1) is 0 Å². The molecule has 5 heteroatoms. The number of carboxylic acids is 1. The average Bonchev–Trinajstić information content (AvgIpc) is 2.85. The zero-order chi connectivity index (χ0) is 11.8. The third-order valence-electron chi connectivity index (χ3n) is 4.01. The maximum atomic E-state index is 11.0. The average molecular weight is 228 g/mol. The molecule has 2 fully saturated rings. The first kappa shape index (κ1) is 11.8. The molecular weight excluding hydrogens is 208 g/mol. The number of nitrogens with two attached hydrogens (primary N) is 1. The highest BCUT2D eigenvalue weighted by molar-refractivity contribution is 5.79. The Kier molecular flexibility index (Phi) is 3.19. The maximum absolute atomic E-state index is 11.0. The Morgan fingerprint density at radius 1 is 1.50 bits per heavy atom. The van der Waals surface area contributed by atoms with Crippen molar-refractivity contribution in [3.8, 4) is 0 Å². The van der Waals surface area contributed by atoms with Crippen LogP contribution >= 0.6 is 0 Å². The normalized spacial score (nSPS) is 39.4. The Labute approximate surface area is 95.5 Å². The number of carbonyl (C=O) groups is 1. The second-order valence-corrected chi connectivity index (χ2v) is 5.04. The number of ether oxygens (including phenoxy) is 1. The van der Waals surface area contributed by atoms with E-state index < -0.39 is 11.5 Å². The summed E-state index contributed by atoms with van der Waals surface area (Å²) >= 11 is 0. The second kappa shape index (κ2) is 4.31. The zero-order valence-corrected chi connectivity index (χ0v) is 9.69. The van der Waals surface area contributed by atoms with E-state index in [4.69, 9.17) is 15.6 Å². The third kappa shape index (κ3) is 2.07. The molecule has 0 aromatic heterocycles. The molecule has 0 radical (unpaired) electrons. The van der Waals surface area contributed by atoms with Gasteiger partial charge in [0.2, 0.25) is 0 Å². The quantitative estimate of drug-likeness (QED) is 0.713. The van der Waals surface area contributed by atoms with E-state index in [2.05, 4.69) is 11.9 Å². The van der Waals surface area contributed by atoms with Gasteiger partial charge in [-0.1, -0.05) is 0 Å². The first-order valence-electron chi connectivity index (χ1n) is 5.85. The second-order valence-electron chi connectivity index (χ2n) is 5.04. The van der Waals surface area contributed by atoms with Crippen molar-refractivity contribution in [1.29, 1.82) is 0 Å². The minimum Gasteiger partial charge on any atom is -0.480 e. The first-order valence-corrected chi connectivity index (χ1v) is 5.85. The minimum absolute atomic E-state index is 0.285. The minimum atomic E-state index is -1.02. The summed E-state index contributed by atoms with van der Waals surface area (Å²) in [7, 11) is 2.05. The smallest absolute Gasteiger partial charge is 0.323 e. The lowest BCUT2D eigenvalue weighted by Gasteiger charge is -2.30. The molecule has 5 nitrogen and oxygen atoms in total. The van der Waals surface area contributed by atoms with Gasteiger partial charge in [0.25, 0.3) is 0 Å². The summed E-state index contributed by atoms with van der Waals surface area (Å²) in [6, 6.07) is 0.717. The van der Waals surface area contributed by atoms with E-state index in [0.717, 1.165) is 26.1 Å². The lowest BCUT2D eigenvalue weighted by molar-refractivity contribution is -0.143. The molecule has 1 heterocycles. The van der Waals surface area contributed by atoms with Crippen LogP contribution in [0, 0.1) is 0 Å². The number of rotatable bonds is 3. The van der Waals surface area contributed by atoms with Crippen molar-refractivity contribution < 1.29 is 14.6 Å². The van der Waals surface area contributed by atoms with Gasteiger partial charge in [0, 0.05) is 18.7 Å². The van der Waals surface area contributed by atoms with Crippen LogP contribution in [-0.4, -0.2) is 53.9 Å². The van der Waals surface area contributed by atoms with Crippen LogP contribution in [0.3, 0.4) is 0 Å². The van der Waals surface area contributed by atoms with Crippen molar-refractivity contribution in [1.82, 2.24) is 4.90 Å². The van der Waals surface area contributed by atoms with E-state index in [1.807, 2.05) is 0 Å². The summed E-state index contributed by atoms with van der Waals surface area (Å²) in [5.74, 6) is -0.869. The Balaban J connectivity index is 1.95. The van der Waals surface area contributed by atoms with Gasteiger partial charge < -0.3 is 15.6 Å². The molecule has 0 amide bonds. The van der Waals surface area contributed by atoms with Crippen LogP contribution in [0.2, 0.25) is 0 Å². The number of carboxylic acid groups (broad SMARTS) is 1. The summed E-state index contributed by atoms with van der Waals surface area (Å²) in [4.78, 5) is 13.3. The summed E-state index contributed by atoms with van der Waals surface area (Å²) < 4.78 is 5.35. The van der Waals surface area contributed by atoms with E-state index in [0.29, 0.717) is 18.9 Å². The van der Waals surface area contributed by atoms with Gasteiger partial charge in [-0.2, -0.15) is 0 Å². The van der Waals surface area contributed by atoms with Gasteiger partial charge in [-0.3, -0.25) is 9.69 Å². The fraction of sp³-hybridized carbons (Fsp3) is 0.909. The summed E-state index contributed by atoms with van der Waals surface area (Å²) in [5, 5.41) is 9.07. The topological polar surface area (TPSA) is 75.8 Å². The van der Waals surface area contributed by atoms with Crippen LogP contribution in [-0.2, 0) is 9.53 Å². The zero-order valence-electron chi connectivity index (χ0n) is 9.69. The first-order chi connectivity index (χ1) is 7.53. The number of aliphatic carboxylic acids is 1. The van der Waals surface area contributed by atoms with Crippen molar-refractivity contribution in [2.45, 2.75) is 43.3 Å². The van der Waals surface area contributed by atoms with Gasteiger partial charge in [-0.25, -0.2) is 0 Å². The van der Waals surface area contributed by atoms with Crippen LogP contribution in [0.4, 0.5) is 0 Å². The molecular formula is C11H20N2O3. The van der Waals surface area contributed by atoms with Crippen LogP contribution in [0.15, 0.2) is 0 Å². The van der Waals surface area contributed by atoms with Crippen LogP contribution in [0.25, 0.3) is 0 Å². The van der Waals surface area contributed by atoms with Gasteiger partial charge in [0.1, 0.15) is 5.54 Å². The molecule has 16 heavy (non-hydrogen) atoms. The molecule has 1 saturated carbocycles. The number of likely N-dealkylation sites (N-methyl/N-ethyl adjacent to an activating group) is 1. The highest BCUT2D eigenvalue weighted by Gasteiger charge is 2.44. The van der Waals surface area contributed by atoms with E-state index in [9.17, 15) is 4.79 Å². The van der Waals surface area contributed by atoms with Gasteiger partial charge in [0.15, 0.2) is 0 Å². The predicted octanol–water partition coefficient (Wildman–Crippen LogP) is 0.0417. The number of hydrogen-bond acceptors (Lipinski definition) is 4. The summed E-state index contributed by atoms with van der Waals surface area (Å²) in [6.07, 6.45) is 3.04. The maximum Gasteiger partial charge on any atom is 0.323 e. The SMILES string of the molecule is CN(C1CCOC1)C1CCC(N)(C(=O)O)C1. The van der Waals surface area contributed by atoms with Gasteiger partial charge in [-0.05, 0) is 32.7 Å². The Morgan fingerprint density at radius 2 is 2.25 bits per heavy atom. The van der Waals surface area contributed by atoms with Crippen LogP contribution < -0.4 is 5.73 Å². The molecule has 92 valence electrons. The van der Waals surface area contributed by atoms with E-state index in [1.165, 1.54) is 0 Å². The summed E-state index contributed by atoms with van der Waals surface area (Å²) in [5.41, 5.74) is 4.86. The van der Waals surface area contributed by atoms with Crippen molar-refractivity contribution in [2.24, 2.45) is 5.73 Å². The molecule has 1 aliphatic carbocycles. The molecule has 0 spiro atoms. The molecule has 2 aliphatic rings. The van der Waals surface area contributed by atoms with Crippen LogP contribution in [0.1, 0.15) is 25.7 Å². The largest absolute Gasteiger partial charge is 0.480 e. The fourth-order valence-corrected chi connectivity index (χ4v) is 2.73. The van der Waals surface area contributed by atoms with Crippen molar-refractivity contribution in [2.75, 3.05) is 20.3 Å². The van der Waals surface area contributed by atoms with Crippen molar-refractivity contribution in [3.63, 3.8) is 0 Å². The van der Waals surface area contributed by atoms with Crippen molar-refractivity contribution in [3.05, 3.63) is 0 Å². The molecule has 3 atom stereocenters. The van der Waals surface area contributed by atoms with Crippen LogP contribution in [0.5, 0.6) is 0 Å². The fourth-order valence-electron chi connectivity index (χ4n) is 2.73. The number of nitrogens with zero attached hydrogens (tertiary/aromatic N) is 1. The highest BCUT2D eigenvalue weighted by Crippen LogP contribution is 2.32. The van der Waals surface area contributed by atoms with E-state index in [-0.39, 0.29) is 6.04 Å². The lowest BCUT2D eigenvalue weighted by Crippen LogP contribution is -2.48. The molecule has 0 bridgehead atoms. The van der Waals surface area contributed by atoms with E-state index in [1.54, 1.807) is 0 Å².